The number of hydrogen-bond donors (Lipinski definition) is 3. The van der Waals surface area contributed by atoms with Crippen LogP contribution in [0.2, 0.25) is 0 Å². The third kappa shape index (κ3) is 5.53. The molecular formula is C22H20N8O3. The number of ether oxygens (including phenoxy) is 1. The Morgan fingerprint density at radius 2 is 1.82 bits per heavy atom. The third-order valence-electron chi connectivity index (χ3n) is 4.41. The number of nitrogens with one attached hydrogen (secondary N) is 3. The Hall–Kier alpha value is -4.67. The average Bonchev–Trinajstić information content (AvgIpc) is 3.42. The van der Waals surface area contributed by atoms with E-state index >= 15 is 0 Å². The molecule has 0 bridgehead atoms. The van der Waals surface area contributed by atoms with E-state index in [4.69, 9.17) is 11.6 Å². The van der Waals surface area contributed by atoms with E-state index in [2.05, 4.69) is 41.2 Å². The highest BCUT2D eigenvalue weighted by Crippen LogP contribution is 2.14. The molecule has 0 atom stereocenters. The van der Waals surface area contributed by atoms with Gasteiger partial charge in [-0.1, -0.05) is 36.4 Å². The molecule has 4 rings (SSSR count). The lowest BCUT2D eigenvalue weighted by molar-refractivity contribution is 0.0944. The number of rotatable bonds is 8. The summed E-state index contributed by atoms with van der Waals surface area (Å²) >= 11 is 0. The van der Waals surface area contributed by atoms with Gasteiger partial charge in [-0.15, -0.1) is 10.2 Å². The number of aromatic amines is 1. The maximum atomic E-state index is 12.7. The van der Waals surface area contributed by atoms with Crippen molar-refractivity contribution in [1.29, 1.82) is 0 Å². The predicted octanol–water partition coefficient (Wildman–Crippen LogP) is 1.53. The molecule has 0 saturated carbocycles. The molecule has 0 aliphatic carbocycles. The van der Waals surface area contributed by atoms with Crippen LogP contribution in [0.25, 0.3) is 11.4 Å². The van der Waals surface area contributed by atoms with Gasteiger partial charge < -0.3 is 15.4 Å². The Balaban J connectivity index is 1.39. The second kappa shape index (κ2) is 10.1. The molecule has 0 spiro atoms. The minimum Gasteiger partial charge on any atom is -0.497 e. The van der Waals surface area contributed by atoms with Crippen molar-refractivity contribution in [2.24, 2.45) is 0 Å². The van der Waals surface area contributed by atoms with Gasteiger partial charge in [0.1, 0.15) is 23.5 Å². The molecule has 33 heavy (non-hydrogen) atoms. The summed E-state index contributed by atoms with van der Waals surface area (Å²) in [4.78, 5) is 33.0. The summed E-state index contributed by atoms with van der Waals surface area (Å²) in [6.45, 7) is -2.23. The van der Waals surface area contributed by atoms with Gasteiger partial charge in [-0.3, -0.25) is 9.59 Å². The van der Waals surface area contributed by atoms with Crippen molar-refractivity contribution in [3.63, 3.8) is 0 Å². The van der Waals surface area contributed by atoms with Crippen LogP contribution in [0.15, 0.2) is 60.9 Å². The lowest BCUT2D eigenvalue weighted by Crippen LogP contribution is -2.27. The number of aromatic nitrogens is 6. The molecule has 2 heterocycles. The zero-order valence-electron chi connectivity index (χ0n) is 21.9. The summed E-state index contributed by atoms with van der Waals surface area (Å²) < 4.78 is 42.9. The first kappa shape index (κ1) is 16.0. The SMILES string of the molecule is [2H]C([2H])([2H])Oc1cccc(CNC(=O)c2cc(C(=O)NC([2H])([2H])c3ccc(-c4nn[nH]n4)cc3)ncn2)c1. The van der Waals surface area contributed by atoms with Gasteiger partial charge in [0.25, 0.3) is 11.8 Å². The number of methoxy groups -OCH3 is 1. The van der Waals surface area contributed by atoms with Crippen LogP contribution in [0.5, 0.6) is 5.75 Å². The molecule has 2 amide bonds. The second-order valence-electron chi connectivity index (χ2n) is 6.61. The monoisotopic (exact) mass is 449 g/mol. The second-order valence-corrected chi connectivity index (χ2v) is 6.61. The molecule has 0 fully saturated rings. The van der Waals surface area contributed by atoms with E-state index in [1.54, 1.807) is 24.3 Å². The number of carbonyl (C=O) groups is 2. The Morgan fingerprint density at radius 1 is 1.03 bits per heavy atom. The van der Waals surface area contributed by atoms with E-state index in [9.17, 15) is 9.59 Å². The van der Waals surface area contributed by atoms with Crippen molar-refractivity contribution < 1.29 is 21.2 Å². The lowest BCUT2D eigenvalue weighted by atomic mass is 10.1. The van der Waals surface area contributed by atoms with Crippen molar-refractivity contribution >= 4 is 11.8 Å². The van der Waals surface area contributed by atoms with Crippen molar-refractivity contribution in [1.82, 2.24) is 41.2 Å². The van der Waals surface area contributed by atoms with Gasteiger partial charge in [0.15, 0.2) is 0 Å². The van der Waals surface area contributed by atoms with Crippen LogP contribution in [-0.2, 0) is 13.0 Å². The van der Waals surface area contributed by atoms with Crippen molar-refractivity contribution in [2.75, 3.05) is 7.04 Å². The first-order valence-electron chi connectivity index (χ1n) is 12.1. The normalized spacial score (nSPS) is 13.5. The summed E-state index contributed by atoms with van der Waals surface area (Å²) in [7, 11) is -2.60. The number of tetrazole rings is 1. The highest BCUT2D eigenvalue weighted by molar-refractivity contribution is 5.97. The number of H-pyrrole nitrogens is 1. The molecule has 0 aliphatic heterocycles. The van der Waals surface area contributed by atoms with Gasteiger partial charge in [0.05, 0.1) is 13.9 Å². The number of hydrogen-bond acceptors (Lipinski definition) is 8. The van der Waals surface area contributed by atoms with Gasteiger partial charge in [-0.2, -0.15) is 5.21 Å². The molecule has 2 aromatic carbocycles. The number of nitrogens with zero attached hydrogens (tertiary/aromatic N) is 5. The van der Waals surface area contributed by atoms with E-state index in [-0.39, 0.29) is 29.2 Å². The number of carbonyl (C=O) groups excluding carboxylic acids is 2. The first-order valence-corrected chi connectivity index (χ1v) is 9.55. The molecule has 11 heteroatoms. The maximum Gasteiger partial charge on any atom is 0.270 e. The van der Waals surface area contributed by atoms with Crippen molar-refractivity contribution in [3.05, 3.63) is 83.4 Å². The Morgan fingerprint density at radius 3 is 2.55 bits per heavy atom. The zero-order valence-corrected chi connectivity index (χ0v) is 16.9. The fraction of sp³-hybridized carbons (Fsp3) is 0.136. The minimum atomic E-state index is -2.60. The number of amides is 2. The standard InChI is InChI=1S/C22H20N8O3/c1-33-17-4-2-3-15(9-17)12-24-22(32)19-10-18(25-13-26-19)21(31)23-11-14-5-7-16(8-6-14)20-27-29-30-28-20/h2-10,13H,11-12H2,1H3,(H,23,31)(H,24,32)(H,27,28,29,30)/i1D3,11D2. The van der Waals surface area contributed by atoms with Gasteiger partial charge >= 0.3 is 0 Å². The average molecular weight is 449 g/mol. The maximum absolute atomic E-state index is 12.7. The molecule has 2 aromatic heterocycles. The van der Waals surface area contributed by atoms with E-state index in [0.29, 0.717) is 17.0 Å². The highest BCUT2D eigenvalue weighted by Gasteiger charge is 2.13. The Kier molecular flexibility index (Phi) is 4.90. The highest BCUT2D eigenvalue weighted by atomic mass is 16.5. The third-order valence-corrected chi connectivity index (χ3v) is 4.41. The molecule has 3 N–H and O–H groups in total. The lowest BCUT2D eigenvalue weighted by Gasteiger charge is -2.08. The van der Waals surface area contributed by atoms with E-state index in [1.807, 2.05) is 0 Å². The van der Waals surface area contributed by atoms with E-state index in [1.165, 1.54) is 24.3 Å². The van der Waals surface area contributed by atoms with E-state index < -0.39 is 25.3 Å². The first-order chi connectivity index (χ1) is 18.0. The molecule has 0 unspecified atom stereocenters. The molecule has 0 aliphatic rings. The Bertz CT molecular complexity index is 1430. The molecule has 11 nitrogen and oxygen atoms in total. The van der Waals surface area contributed by atoms with Crippen LogP contribution < -0.4 is 15.4 Å². The smallest absolute Gasteiger partial charge is 0.270 e. The van der Waals surface area contributed by atoms with Crippen LogP contribution in [0.4, 0.5) is 0 Å². The zero-order chi connectivity index (χ0) is 27.3. The molecule has 0 saturated heterocycles. The fourth-order valence-electron chi connectivity index (χ4n) is 2.78. The van der Waals surface area contributed by atoms with Crippen molar-refractivity contribution in [2.45, 2.75) is 13.0 Å². The molecule has 0 radical (unpaired) electrons. The summed E-state index contributed by atoms with van der Waals surface area (Å²) in [6, 6.07) is 13.5. The van der Waals surface area contributed by atoms with Crippen LogP contribution in [0.3, 0.4) is 0 Å². The van der Waals surface area contributed by atoms with Gasteiger partial charge in [-0.25, -0.2) is 9.97 Å². The topological polar surface area (TPSA) is 148 Å². The van der Waals surface area contributed by atoms with Gasteiger partial charge in [-0.05, 0) is 28.5 Å². The minimum absolute atomic E-state index is 0.0327. The summed E-state index contributed by atoms with van der Waals surface area (Å²) in [5.41, 5.74) is 1.00. The predicted molar refractivity (Wildman–Crippen MR) is 117 cm³/mol. The molecule has 4 aromatic rings. The summed E-state index contributed by atoms with van der Waals surface area (Å²) in [5.74, 6) is -1.02. The fourth-order valence-corrected chi connectivity index (χ4v) is 2.78. The largest absolute Gasteiger partial charge is 0.497 e. The Labute approximate surface area is 195 Å². The molecule has 166 valence electrons. The van der Waals surface area contributed by atoms with Gasteiger partial charge in [0, 0.05) is 24.7 Å². The number of benzene rings is 2. The van der Waals surface area contributed by atoms with Crippen molar-refractivity contribution in [3.8, 4) is 17.1 Å². The van der Waals surface area contributed by atoms with Crippen LogP contribution in [0.1, 0.15) is 39.0 Å². The van der Waals surface area contributed by atoms with Crippen LogP contribution >= 0.6 is 0 Å². The molecular weight excluding hydrogens is 424 g/mol. The van der Waals surface area contributed by atoms with Gasteiger partial charge in [0.2, 0.25) is 5.82 Å². The van der Waals surface area contributed by atoms with E-state index in [0.717, 1.165) is 12.4 Å². The quantitative estimate of drug-likeness (QED) is 0.367. The van der Waals surface area contributed by atoms with Crippen LogP contribution in [-0.4, -0.2) is 49.4 Å². The summed E-state index contributed by atoms with van der Waals surface area (Å²) in [6.07, 6.45) is 1.02. The van der Waals surface area contributed by atoms with Crippen LogP contribution in [0, 0.1) is 0 Å². The summed E-state index contributed by atoms with van der Waals surface area (Å²) in [5, 5.41) is 18.4.